The number of unbranched alkanes of at least 4 members (excludes halogenated alkanes) is 2. The molecular formula is C21H24N4O2S. The Kier molecular flexibility index (Phi) is 7.49. The normalized spacial score (nSPS) is 11.2. The summed E-state index contributed by atoms with van der Waals surface area (Å²) in [5.41, 5.74) is 5.23. The number of hydrogen-bond acceptors (Lipinski definition) is 5. The molecule has 1 aromatic heterocycles. The van der Waals surface area contributed by atoms with E-state index in [1.54, 1.807) is 6.21 Å². The van der Waals surface area contributed by atoms with Gasteiger partial charge in [0.15, 0.2) is 5.16 Å². The minimum atomic E-state index is -0.192. The Labute approximate surface area is 168 Å². The van der Waals surface area contributed by atoms with Gasteiger partial charge >= 0.3 is 0 Å². The van der Waals surface area contributed by atoms with Crippen LogP contribution in [-0.4, -0.2) is 34.4 Å². The molecule has 28 heavy (non-hydrogen) atoms. The Morgan fingerprint density at radius 1 is 1.21 bits per heavy atom. The fourth-order valence-corrected chi connectivity index (χ4v) is 3.27. The Morgan fingerprint density at radius 3 is 2.89 bits per heavy atom. The highest BCUT2D eigenvalue weighted by molar-refractivity contribution is 7.99. The predicted octanol–water partition coefficient (Wildman–Crippen LogP) is 4.37. The van der Waals surface area contributed by atoms with Crippen LogP contribution in [0.15, 0.2) is 58.8 Å². The average Bonchev–Trinajstić information content (AvgIpc) is 3.14. The molecule has 0 unspecified atom stereocenters. The number of benzene rings is 2. The van der Waals surface area contributed by atoms with Gasteiger partial charge in [-0.2, -0.15) is 5.10 Å². The molecule has 2 aromatic carbocycles. The first-order valence-electron chi connectivity index (χ1n) is 9.37. The number of ether oxygens (including phenoxy) is 1. The molecule has 0 saturated carbocycles. The van der Waals surface area contributed by atoms with Gasteiger partial charge in [0.2, 0.25) is 0 Å². The van der Waals surface area contributed by atoms with Crippen LogP contribution >= 0.6 is 11.8 Å². The number of hydrazone groups is 1. The molecule has 0 aliphatic heterocycles. The Balaban J connectivity index is 1.48. The van der Waals surface area contributed by atoms with Crippen molar-refractivity contribution in [3.8, 4) is 5.75 Å². The first-order chi connectivity index (χ1) is 13.8. The number of nitrogens with zero attached hydrogens (tertiary/aromatic N) is 2. The number of thioether (sulfide) groups is 1. The first kappa shape index (κ1) is 19.9. The molecular weight excluding hydrogens is 372 g/mol. The van der Waals surface area contributed by atoms with Crippen molar-refractivity contribution in [1.82, 2.24) is 15.4 Å². The zero-order valence-corrected chi connectivity index (χ0v) is 16.7. The molecule has 7 heteroatoms. The second-order valence-electron chi connectivity index (χ2n) is 6.23. The zero-order chi connectivity index (χ0) is 19.6. The topological polar surface area (TPSA) is 79.4 Å². The molecule has 6 nitrogen and oxygen atoms in total. The highest BCUT2D eigenvalue weighted by atomic mass is 32.2. The van der Waals surface area contributed by atoms with Crippen molar-refractivity contribution in [2.75, 3.05) is 12.4 Å². The smallest absolute Gasteiger partial charge is 0.250 e. The largest absolute Gasteiger partial charge is 0.493 e. The molecule has 1 amide bonds. The summed E-state index contributed by atoms with van der Waals surface area (Å²) in [6.07, 6.45) is 4.94. The summed E-state index contributed by atoms with van der Waals surface area (Å²) in [6, 6.07) is 15.4. The maximum atomic E-state index is 12.0. The lowest BCUT2D eigenvalue weighted by Gasteiger charge is -2.08. The van der Waals surface area contributed by atoms with Crippen molar-refractivity contribution in [3.05, 3.63) is 54.1 Å². The first-order valence-corrected chi connectivity index (χ1v) is 10.4. The number of amides is 1. The van der Waals surface area contributed by atoms with E-state index in [2.05, 4.69) is 27.4 Å². The Hall–Kier alpha value is -2.80. The summed E-state index contributed by atoms with van der Waals surface area (Å²) in [4.78, 5) is 19.7. The second kappa shape index (κ2) is 10.5. The fourth-order valence-electron chi connectivity index (χ4n) is 2.59. The van der Waals surface area contributed by atoms with Gasteiger partial charge in [0, 0.05) is 5.56 Å². The molecule has 0 saturated heterocycles. The molecule has 0 aliphatic rings. The lowest BCUT2D eigenvalue weighted by molar-refractivity contribution is -0.118. The highest BCUT2D eigenvalue weighted by Gasteiger charge is 2.06. The number of carbonyl (C=O) groups is 1. The molecule has 3 rings (SSSR count). The number of aromatic nitrogens is 2. The minimum absolute atomic E-state index is 0.192. The Morgan fingerprint density at radius 2 is 2.04 bits per heavy atom. The minimum Gasteiger partial charge on any atom is -0.493 e. The van der Waals surface area contributed by atoms with E-state index in [1.165, 1.54) is 11.8 Å². The third-order valence-electron chi connectivity index (χ3n) is 4.02. The van der Waals surface area contributed by atoms with Crippen LogP contribution in [0.5, 0.6) is 5.75 Å². The number of para-hydroxylation sites is 3. The van der Waals surface area contributed by atoms with Crippen LogP contribution in [-0.2, 0) is 4.79 Å². The molecule has 0 aliphatic carbocycles. The van der Waals surface area contributed by atoms with Crippen molar-refractivity contribution in [2.24, 2.45) is 5.10 Å². The van der Waals surface area contributed by atoms with Crippen molar-refractivity contribution < 1.29 is 9.53 Å². The van der Waals surface area contributed by atoms with Crippen LogP contribution in [0.3, 0.4) is 0 Å². The van der Waals surface area contributed by atoms with E-state index in [1.807, 2.05) is 48.5 Å². The summed E-state index contributed by atoms with van der Waals surface area (Å²) in [6.45, 7) is 2.84. The number of fused-ring (bicyclic) bond motifs is 1. The number of nitrogens with one attached hydrogen (secondary N) is 2. The molecule has 0 radical (unpaired) electrons. The van der Waals surface area contributed by atoms with Crippen LogP contribution < -0.4 is 10.2 Å². The summed E-state index contributed by atoms with van der Waals surface area (Å²) < 4.78 is 5.81. The number of carbonyl (C=O) groups excluding carboxylic acids is 1. The van der Waals surface area contributed by atoms with Crippen molar-refractivity contribution in [1.29, 1.82) is 0 Å². The maximum Gasteiger partial charge on any atom is 0.250 e. The van der Waals surface area contributed by atoms with Crippen molar-refractivity contribution >= 4 is 34.9 Å². The van der Waals surface area contributed by atoms with Crippen LogP contribution in [0.2, 0.25) is 0 Å². The molecule has 146 valence electrons. The molecule has 0 bridgehead atoms. The highest BCUT2D eigenvalue weighted by Crippen LogP contribution is 2.19. The van der Waals surface area contributed by atoms with Crippen LogP contribution in [0.4, 0.5) is 0 Å². The SMILES string of the molecule is CCCCCOc1ccccc1/C=N/NC(=O)CSc1nc2ccccc2[nH]1. The van der Waals surface area contributed by atoms with Gasteiger partial charge in [0.25, 0.3) is 5.91 Å². The van der Waals surface area contributed by atoms with E-state index >= 15 is 0 Å². The van der Waals surface area contributed by atoms with E-state index in [4.69, 9.17) is 4.74 Å². The number of rotatable bonds is 10. The van der Waals surface area contributed by atoms with E-state index in [-0.39, 0.29) is 11.7 Å². The zero-order valence-electron chi connectivity index (χ0n) is 15.9. The Bertz CT molecular complexity index is 906. The van der Waals surface area contributed by atoms with E-state index < -0.39 is 0 Å². The van der Waals surface area contributed by atoms with Gasteiger partial charge < -0.3 is 9.72 Å². The van der Waals surface area contributed by atoms with Gasteiger partial charge in [-0.05, 0) is 30.7 Å². The van der Waals surface area contributed by atoms with E-state index in [0.29, 0.717) is 11.8 Å². The number of imidazole rings is 1. The van der Waals surface area contributed by atoms with Crippen molar-refractivity contribution in [2.45, 2.75) is 31.3 Å². The van der Waals surface area contributed by atoms with Gasteiger partial charge in [-0.3, -0.25) is 4.79 Å². The third kappa shape index (κ3) is 5.85. The fraction of sp³-hybridized carbons (Fsp3) is 0.286. The van der Waals surface area contributed by atoms with E-state index in [9.17, 15) is 4.79 Å². The van der Waals surface area contributed by atoms with Crippen LogP contribution in [0, 0.1) is 0 Å². The summed E-state index contributed by atoms with van der Waals surface area (Å²) in [7, 11) is 0. The average molecular weight is 397 g/mol. The summed E-state index contributed by atoms with van der Waals surface area (Å²) in [5.74, 6) is 0.808. The standard InChI is InChI=1S/C21H24N4O2S/c1-2-3-8-13-27-19-12-7-4-9-16(19)14-22-25-20(26)15-28-21-23-17-10-5-6-11-18(17)24-21/h4-7,9-12,14H,2-3,8,13,15H2,1H3,(H,23,24)(H,25,26)/b22-14+. The van der Waals surface area contributed by atoms with Gasteiger partial charge in [-0.1, -0.05) is 55.8 Å². The third-order valence-corrected chi connectivity index (χ3v) is 4.90. The van der Waals surface area contributed by atoms with Crippen LogP contribution in [0.1, 0.15) is 31.7 Å². The van der Waals surface area contributed by atoms with Gasteiger partial charge in [-0.15, -0.1) is 0 Å². The number of H-pyrrole nitrogens is 1. The summed E-state index contributed by atoms with van der Waals surface area (Å²) in [5, 5.41) is 4.77. The van der Waals surface area contributed by atoms with Gasteiger partial charge in [0.1, 0.15) is 5.75 Å². The lowest BCUT2D eigenvalue weighted by atomic mass is 10.2. The van der Waals surface area contributed by atoms with E-state index in [0.717, 1.165) is 41.6 Å². The van der Waals surface area contributed by atoms with Crippen molar-refractivity contribution in [3.63, 3.8) is 0 Å². The maximum absolute atomic E-state index is 12.0. The summed E-state index contributed by atoms with van der Waals surface area (Å²) >= 11 is 1.34. The molecule has 0 fully saturated rings. The van der Waals surface area contributed by atoms with Gasteiger partial charge in [-0.25, -0.2) is 10.4 Å². The number of aromatic amines is 1. The molecule has 2 N–H and O–H groups in total. The van der Waals surface area contributed by atoms with Crippen LogP contribution in [0.25, 0.3) is 11.0 Å². The second-order valence-corrected chi connectivity index (χ2v) is 7.20. The molecule has 1 heterocycles. The number of hydrogen-bond donors (Lipinski definition) is 2. The molecule has 0 spiro atoms. The predicted molar refractivity (Wildman–Crippen MR) is 114 cm³/mol. The lowest BCUT2D eigenvalue weighted by Crippen LogP contribution is -2.19. The van der Waals surface area contributed by atoms with Gasteiger partial charge in [0.05, 0.1) is 29.6 Å². The molecule has 0 atom stereocenters. The monoisotopic (exact) mass is 396 g/mol. The quantitative estimate of drug-likeness (QED) is 0.231. The molecule has 3 aromatic rings.